The van der Waals surface area contributed by atoms with Crippen molar-refractivity contribution in [2.24, 2.45) is 17.8 Å². The molecule has 2 aliphatic rings. The Bertz CT molecular complexity index is 555. The van der Waals surface area contributed by atoms with Gasteiger partial charge in [0, 0.05) is 13.2 Å². The van der Waals surface area contributed by atoms with E-state index in [1.807, 2.05) is 0 Å². The normalized spacial score (nSPS) is 22.1. The van der Waals surface area contributed by atoms with E-state index in [1.165, 1.54) is 69.8 Å². The number of hydrogen-bond donors (Lipinski definition) is 0. The molecule has 150 valence electrons. The lowest BCUT2D eigenvalue weighted by Crippen LogP contribution is -2.22. The zero-order valence-corrected chi connectivity index (χ0v) is 17.7. The third-order valence-electron chi connectivity index (χ3n) is 7.21. The first-order valence-corrected chi connectivity index (χ1v) is 11.6. The molecule has 1 nitrogen and oxygen atoms in total. The highest BCUT2D eigenvalue weighted by Gasteiger charge is 2.23. The van der Waals surface area contributed by atoms with Gasteiger partial charge in [-0.3, -0.25) is 0 Å². The summed E-state index contributed by atoms with van der Waals surface area (Å²) in [6.45, 7) is 6.87. The SMILES string of the molecule is CC(CCC(CCC(C)C1CCOCC1)C1=CCCCC1)c1ccccc1. The molecule has 1 aromatic rings. The molecule has 0 saturated carbocycles. The highest BCUT2D eigenvalue weighted by molar-refractivity contribution is 5.19. The van der Waals surface area contributed by atoms with Crippen LogP contribution in [0.2, 0.25) is 0 Å². The molecule has 0 N–H and O–H groups in total. The average Bonchev–Trinajstić information content (AvgIpc) is 2.75. The summed E-state index contributed by atoms with van der Waals surface area (Å²) in [5, 5.41) is 0. The Morgan fingerprint density at radius 3 is 2.37 bits per heavy atom. The molecule has 1 heteroatoms. The third kappa shape index (κ3) is 6.49. The van der Waals surface area contributed by atoms with E-state index in [-0.39, 0.29) is 0 Å². The molecule has 3 atom stereocenters. The van der Waals surface area contributed by atoms with Gasteiger partial charge < -0.3 is 4.74 Å². The lowest BCUT2D eigenvalue weighted by molar-refractivity contribution is 0.0471. The minimum Gasteiger partial charge on any atom is -0.381 e. The molecule has 0 bridgehead atoms. The van der Waals surface area contributed by atoms with Gasteiger partial charge in [0.1, 0.15) is 0 Å². The van der Waals surface area contributed by atoms with Gasteiger partial charge in [0.15, 0.2) is 0 Å². The quantitative estimate of drug-likeness (QED) is 0.409. The van der Waals surface area contributed by atoms with Gasteiger partial charge in [0.25, 0.3) is 0 Å². The predicted molar refractivity (Wildman–Crippen MR) is 116 cm³/mol. The van der Waals surface area contributed by atoms with Gasteiger partial charge in [0.05, 0.1) is 0 Å². The molecule has 3 unspecified atom stereocenters. The zero-order chi connectivity index (χ0) is 18.9. The van der Waals surface area contributed by atoms with Crippen LogP contribution in [-0.4, -0.2) is 13.2 Å². The Morgan fingerprint density at radius 1 is 0.926 bits per heavy atom. The summed E-state index contributed by atoms with van der Waals surface area (Å²) in [6.07, 6.45) is 16.1. The van der Waals surface area contributed by atoms with Crippen LogP contribution in [0.3, 0.4) is 0 Å². The molecule has 1 aromatic carbocycles. The van der Waals surface area contributed by atoms with Crippen molar-refractivity contribution in [2.45, 2.75) is 84.0 Å². The predicted octanol–water partition coefficient (Wildman–Crippen LogP) is 7.53. The fraction of sp³-hybridized carbons (Fsp3) is 0.692. The van der Waals surface area contributed by atoms with E-state index in [9.17, 15) is 0 Å². The van der Waals surface area contributed by atoms with E-state index < -0.39 is 0 Å². The highest BCUT2D eigenvalue weighted by Crippen LogP contribution is 2.36. The standard InChI is InChI=1S/C26H40O/c1-21(23-9-5-3-6-10-23)13-15-26(25-11-7-4-8-12-25)16-14-22(2)24-17-19-27-20-18-24/h3,5-6,9-11,21-22,24,26H,4,7-8,12-20H2,1-2H3. The van der Waals surface area contributed by atoms with Gasteiger partial charge in [-0.15, -0.1) is 0 Å². The molecule has 1 saturated heterocycles. The Labute approximate surface area is 167 Å². The van der Waals surface area contributed by atoms with Crippen molar-refractivity contribution >= 4 is 0 Å². The van der Waals surface area contributed by atoms with Crippen LogP contribution in [0.15, 0.2) is 42.0 Å². The number of rotatable bonds is 9. The van der Waals surface area contributed by atoms with E-state index in [0.29, 0.717) is 5.92 Å². The molecule has 0 radical (unpaired) electrons. The van der Waals surface area contributed by atoms with Crippen LogP contribution in [0.1, 0.15) is 89.5 Å². The second kappa shape index (κ2) is 11.1. The van der Waals surface area contributed by atoms with E-state index in [4.69, 9.17) is 4.74 Å². The molecular weight excluding hydrogens is 328 g/mol. The second-order valence-electron chi connectivity index (χ2n) is 9.12. The van der Waals surface area contributed by atoms with Gasteiger partial charge in [0.2, 0.25) is 0 Å². The molecule has 0 aromatic heterocycles. The van der Waals surface area contributed by atoms with Crippen molar-refractivity contribution in [1.29, 1.82) is 0 Å². The lowest BCUT2D eigenvalue weighted by atomic mass is 9.77. The van der Waals surface area contributed by atoms with Crippen molar-refractivity contribution in [3.8, 4) is 0 Å². The van der Waals surface area contributed by atoms with E-state index >= 15 is 0 Å². The number of benzene rings is 1. The van der Waals surface area contributed by atoms with Crippen LogP contribution in [0.4, 0.5) is 0 Å². The fourth-order valence-corrected chi connectivity index (χ4v) is 5.13. The average molecular weight is 369 g/mol. The van der Waals surface area contributed by atoms with E-state index in [1.54, 1.807) is 5.57 Å². The lowest BCUT2D eigenvalue weighted by Gasteiger charge is -2.30. The van der Waals surface area contributed by atoms with Gasteiger partial charge >= 0.3 is 0 Å². The van der Waals surface area contributed by atoms with Crippen LogP contribution >= 0.6 is 0 Å². The first-order chi connectivity index (χ1) is 13.2. The van der Waals surface area contributed by atoms with Crippen molar-refractivity contribution in [3.05, 3.63) is 47.5 Å². The first kappa shape index (κ1) is 20.6. The molecule has 0 amide bonds. The Morgan fingerprint density at radius 2 is 1.67 bits per heavy atom. The summed E-state index contributed by atoms with van der Waals surface area (Å²) in [5.74, 6) is 3.24. The van der Waals surface area contributed by atoms with Crippen molar-refractivity contribution in [3.63, 3.8) is 0 Å². The van der Waals surface area contributed by atoms with Gasteiger partial charge in [-0.05, 0) is 93.4 Å². The topological polar surface area (TPSA) is 9.23 Å². The molecule has 1 fully saturated rings. The molecular formula is C26H40O. The smallest absolute Gasteiger partial charge is 0.0468 e. The second-order valence-corrected chi connectivity index (χ2v) is 9.12. The number of allylic oxidation sites excluding steroid dienone is 2. The maximum Gasteiger partial charge on any atom is 0.0468 e. The summed E-state index contributed by atoms with van der Waals surface area (Å²) in [6, 6.07) is 11.1. The molecule has 1 heterocycles. The maximum atomic E-state index is 5.57. The zero-order valence-electron chi connectivity index (χ0n) is 17.7. The molecule has 0 spiro atoms. The molecule has 3 rings (SSSR count). The van der Waals surface area contributed by atoms with Gasteiger partial charge in [-0.1, -0.05) is 55.8 Å². The van der Waals surface area contributed by atoms with E-state index in [0.717, 1.165) is 31.0 Å². The highest BCUT2D eigenvalue weighted by atomic mass is 16.5. The van der Waals surface area contributed by atoms with Crippen LogP contribution < -0.4 is 0 Å². The van der Waals surface area contributed by atoms with Gasteiger partial charge in [-0.2, -0.15) is 0 Å². The van der Waals surface area contributed by atoms with Crippen LogP contribution in [0.5, 0.6) is 0 Å². The monoisotopic (exact) mass is 368 g/mol. The fourth-order valence-electron chi connectivity index (χ4n) is 5.13. The number of ether oxygens (including phenoxy) is 1. The first-order valence-electron chi connectivity index (χ1n) is 11.6. The Kier molecular flexibility index (Phi) is 8.45. The summed E-state index contributed by atoms with van der Waals surface area (Å²) in [7, 11) is 0. The van der Waals surface area contributed by atoms with Crippen LogP contribution in [0.25, 0.3) is 0 Å². The van der Waals surface area contributed by atoms with E-state index in [2.05, 4.69) is 50.3 Å². The Hall–Kier alpha value is -1.08. The number of hydrogen-bond acceptors (Lipinski definition) is 1. The third-order valence-corrected chi connectivity index (χ3v) is 7.21. The van der Waals surface area contributed by atoms with Crippen LogP contribution in [-0.2, 0) is 4.74 Å². The van der Waals surface area contributed by atoms with Crippen molar-refractivity contribution in [2.75, 3.05) is 13.2 Å². The summed E-state index contributed by atoms with van der Waals surface area (Å²) >= 11 is 0. The van der Waals surface area contributed by atoms with Gasteiger partial charge in [-0.25, -0.2) is 0 Å². The largest absolute Gasteiger partial charge is 0.381 e. The van der Waals surface area contributed by atoms with Crippen LogP contribution in [0, 0.1) is 17.8 Å². The van der Waals surface area contributed by atoms with Crippen molar-refractivity contribution < 1.29 is 4.74 Å². The maximum absolute atomic E-state index is 5.57. The Balaban J connectivity index is 1.54. The minimum atomic E-state index is 0.672. The molecule has 1 aliphatic heterocycles. The summed E-state index contributed by atoms with van der Waals surface area (Å²) in [5.41, 5.74) is 3.30. The van der Waals surface area contributed by atoms with Crippen molar-refractivity contribution in [1.82, 2.24) is 0 Å². The summed E-state index contributed by atoms with van der Waals surface area (Å²) < 4.78 is 5.57. The molecule has 27 heavy (non-hydrogen) atoms. The minimum absolute atomic E-state index is 0.672. The molecule has 1 aliphatic carbocycles. The summed E-state index contributed by atoms with van der Waals surface area (Å²) in [4.78, 5) is 0.